The summed E-state index contributed by atoms with van der Waals surface area (Å²) in [5.74, 6) is -0.952. The molecule has 0 fully saturated rings. The van der Waals surface area contributed by atoms with E-state index in [9.17, 15) is 18.0 Å². The van der Waals surface area contributed by atoms with E-state index in [0.29, 0.717) is 11.3 Å². The minimum atomic E-state index is -3.46. The molecule has 7 heteroatoms. The Morgan fingerprint density at radius 3 is 2.60 bits per heavy atom. The summed E-state index contributed by atoms with van der Waals surface area (Å²) in [6, 6.07) is 4.63. The first-order chi connectivity index (χ1) is 9.35. The Hall–Kier alpha value is -1.89. The van der Waals surface area contributed by atoms with Crippen molar-refractivity contribution < 1.29 is 22.7 Å². The molecule has 0 unspecified atom stereocenters. The SMILES string of the molecule is COc1ccc2c(c1)CN(C(=O)C(C)=O)CCS2(=O)=O. The normalized spacial score (nSPS) is 17.0. The van der Waals surface area contributed by atoms with Crippen LogP contribution in [-0.2, 0) is 26.0 Å². The van der Waals surface area contributed by atoms with Gasteiger partial charge in [-0.15, -0.1) is 0 Å². The van der Waals surface area contributed by atoms with Crippen LogP contribution in [0.15, 0.2) is 23.1 Å². The van der Waals surface area contributed by atoms with Gasteiger partial charge in [0.15, 0.2) is 9.84 Å². The van der Waals surface area contributed by atoms with Gasteiger partial charge in [-0.05, 0) is 23.8 Å². The highest BCUT2D eigenvalue weighted by Gasteiger charge is 2.29. The second-order valence-electron chi connectivity index (χ2n) is 4.58. The molecule has 0 aliphatic carbocycles. The lowest BCUT2D eigenvalue weighted by atomic mass is 10.2. The molecule has 0 spiro atoms. The zero-order valence-corrected chi connectivity index (χ0v) is 12.1. The first-order valence-corrected chi connectivity index (χ1v) is 7.70. The number of methoxy groups -OCH3 is 1. The monoisotopic (exact) mass is 297 g/mol. The zero-order chi connectivity index (χ0) is 14.9. The van der Waals surface area contributed by atoms with Crippen molar-refractivity contribution in [1.29, 1.82) is 0 Å². The lowest BCUT2D eigenvalue weighted by Gasteiger charge is -2.18. The third-order valence-corrected chi connectivity index (χ3v) is 4.97. The number of amides is 1. The number of hydrogen-bond donors (Lipinski definition) is 0. The Bertz CT molecular complexity index is 665. The zero-order valence-electron chi connectivity index (χ0n) is 11.3. The van der Waals surface area contributed by atoms with Crippen LogP contribution in [0, 0.1) is 0 Å². The van der Waals surface area contributed by atoms with Gasteiger partial charge in [0, 0.05) is 20.0 Å². The molecule has 0 radical (unpaired) electrons. The van der Waals surface area contributed by atoms with E-state index in [0.717, 1.165) is 0 Å². The summed E-state index contributed by atoms with van der Waals surface area (Å²) in [4.78, 5) is 24.4. The number of rotatable bonds is 2. The van der Waals surface area contributed by atoms with Crippen LogP contribution < -0.4 is 4.74 Å². The van der Waals surface area contributed by atoms with Gasteiger partial charge in [-0.1, -0.05) is 0 Å². The molecule has 2 rings (SSSR count). The maximum atomic E-state index is 12.2. The predicted molar refractivity (Wildman–Crippen MR) is 71.1 cm³/mol. The minimum absolute atomic E-state index is 0.0116. The number of sulfone groups is 1. The molecule has 1 aliphatic heterocycles. The van der Waals surface area contributed by atoms with Crippen LogP contribution in [0.3, 0.4) is 0 Å². The Kier molecular flexibility index (Phi) is 3.80. The molecular formula is C13H15NO5S. The van der Waals surface area contributed by atoms with Gasteiger partial charge >= 0.3 is 0 Å². The van der Waals surface area contributed by atoms with Gasteiger partial charge in [0.1, 0.15) is 5.75 Å². The van der Waals surface area contributed by atoms with Gasteiger partial charge in [-0.25, -0.2) is 8.42 Å². The highest BCUT2D eigenvalue weighted by molar-refractivity contribution is 7.91. The summed E-state index contributed by atoms with van der Waals surface area (Å²) >= 11 is 0. The molecule has 0 saturated carbocycles. The van der Waals surface area contributed by atoms with Crippen LogP contribution in [0.2, 0.25) is 0 Å². The summed E-state index contributed by atoms with van der Waals surface area (Å²) in [7, 11) is -1.98. The molecule has 20 heavy (non-hydrogen) atoms. The summed E-state index contributed by atoms with van der Waals surface area (Å²) in [6.07, 6.45) is 0. The maximum absolute atomic E-state index is 12.2. The van der Waals surface area contributed by atoms with Crippen molar-refractivity contribution in [3.8, 4) is 5.75 Å². The van der Waals surface area contributed by atoms with Crippen LogP contribution in [-0.4, -0.2) is 44.4 Å². The van der Waals surface area contributed by atoms with Crippen LogP contribution in [0.25, 0.3) is 0 Å². The smallest absolute Gasteiger partial charge is 0.289 e. The quantitative estimate of drug-likeness (QED) is 0.738. The number of nitrogens with zero attached hydrogens (tertiary/aromatic N) is 1. The average molecular weight is 297 g/mol. The summed E-state index contributed by atoms with van der Waals surface area (Å²) in [6.45, 7) is 1.27. The molecule has 0 N–H and O–H groups in total. The Labute approximate surface area is 117 Å². The number of fused-ring (bicyclic) bond motifs is 1. The van der Waals surface area contributed by atoms with E-state index >= 15 is 0 Å². The number of hydrogen-bond acceptors (Lipinski definition) is 5. The molecule has 108 valence electrons. The van der Waals surface area contributed by atoms with Gasteiger partial charge in [-0.2, -0.15) is 0 Å². The number of carbonyl (C=O) groups excluding carboxylic acids is 2. The summed E-state index contributed by atoms with van der Waals surface area (Å²) in [5.41, 5.74) is 0.469. The molecule has 6 nitrogen and oxygen atoms in total. The van der Waals surface area contributed by atoms with Crippen LogP contribution in [0.4, 0.5) is 0 Å². The Balaban J connectivity index is 2.48. The molecule has 1 aliphatic rings. The fourth-order valence-corrected chi connectivity index (χ4v) is 3.61. The lowest BCUT2D eigenvalue weighted by Crippen LogP contribution is -2.36. The molecular weight excluding hydrogens is 282 g/mol. The molecule has 0 aromatic heterocycles. The number of carbonyl (C=O) groups is 2. The van der Waals surface area contributed by atoms with Gasteiger partial charge < -0.3 is 9.64 Å². The Morgan fingerprint density at radius 2 is 2.00 bits per heavy atom. The molecule has 1 aromatic rings. The van der Waals surface area contributed by atoms with E-state index in [2.05, 4.69) is 0 Å². The predicted octanol–water partition coefficient (Wildman–Crippen LogP) is 0.400. The lowest BCUT2D eigenvalue weighted by molar-refractivity contribution is -0.143. The standard InChI is InChI=1S/C13H15NO5S/c1-9(15)13(16)14-5-6-20(17,18)12-4-3-11(19-2)7-10(12)8-14/h3-4,7H,5-6,8H2,1-2H3. The van der Waals surface area contributed by atoms with E-state index in [1.54, 1.807) is 12.1 Å². The highest BCUT2D eigenvalue weighted by Crippen LogP contribution is 2.26. The van der Waals surface area contributed by atoms with Crippen LogP contribution >= 0.6 is 0 Å². The molecule has 1 amide bonds. The van der Waals surface area contributed by atoms with E-state index in [4.69, 9.17) is 4.74 Å². The van der Waals surface area contributed by atoms with Crippen molar-refractivity contribution in [2.75, 3.05) is 19.4 Å². The van der Waals surface area contributed by atoms with Crippen molar-refractivity contribution in [2.45, 2.75) is 18.4 Å². The second-order valence-corrected chi connectivity index (χ2v) is 6.65. The fourth-order valence-electron chi connectivity index (χ4n) is 2.13. The minimum Gasteiger partial charge on any atom is -0.497 e. The summed E-state index contributed by atoms with van der Waals surface area (Å²) < 4.78 is 29.4. The molecule has 0 atom stereocenters. The highest BCUT2D eigenvalue weighted by atomic mass is 32.2. The Morgan fingerprint density at radius 1 is 1.30 bits per heavy atom. The van der Waals surface area contributed by atoms with E-state index in [1.165, 1.54) is 25.0 Å². The molecule has 0 bridgehead atoms. The molecule has 1 heterocycles. The van der Waals surface area contributed by atoms with Crippen molar-refractivity contribution in [1.82, 2.24) is 4.90 Å². The van der Waals surface area contributed by atoms with E-state index in [-0.39, 0.29) is 23.7 Å². The average Bonchev–Trinajstić information content (AvgIpc) is 2.54. The number of benzene rings is 1. The fraction of sp³-hybridized carbons (Fsp3) is 0.385. The molecule has 1 aromatic carbocycles. The van der Waals surface area contributed by atoms with Crippen molar-refractivity contribution >= 4 is 21.5 Å². The van der Waals surface area contributed by atoms with Crippen molar-refractivity contribution in [2.24, 2.45) is 0 Å². The summed E-state index contributed by atoms with van der Waals surface area (Å²) in [5, 5.41) is 0. The molecule has 0 saturated heterocycles. The first kappa shape index (κ1) is 14.5. The van der Waals surface area contributed by atoms with Gasteiger partial charge in [0.05, 0.1) is 17.8 Å². The van der Waals surface area contributed by atoms with Crippen molar-refractivity contribution in [3.05, 3.63) is 23.8 Å². The maximum Gasteiger partial charge on any atom is 0.289 e. The third-order valence-electron chi connectivity index (χ3n) is 3.18. The van der Waals surface area contributed by atoms with Crippen LogP contribution in [0.5, 0.6) is 5.75 Å². The van der Waals surface area contributed by atoms with Crippen LogP contribution in [0.1, 0.15) is 12.5 Å². The van der Waals surface area contributed by atoms with Gasteiger partial charge in [-0.3, -0.25) is 9.59 Å². The van der Waals surface area contributed by atoms with Crippen molar-refractivity contribution in [3.63, 3.8) is 0 Å². The number of Topliss-reactive ketones (excluding diaryl/α,β-unsaturated/α-hetero) is 1. The third kappa shape index (κ3) is 2.67. The van der Waals surface area contributed by atoms with E-state index < -0.39 is 21.5 Å². The largest absolute Gasteiger partial charge is 0.497 e. The second kappa shape index (κ2) is 5.24. The topological polar surface area (TPSA) is 80.8 Å². The van der Waals surface area contributed by atoms with Gasteiger partial charge in [0.25, 0.3) is 5.91 Å². The number of ketones is 1. The first-order valence-electron chi connectivity index (χ1n) is 6.04. The van der Waals surface area contributed by atoms with E-state index in [1.807, 2.05) is 0 Å². The number of ether oxygens (including phenoxy) is 1. The van der Waals surface area contributed by atoms with Gasteiger partial charge in [0.2, 0.25) is 5.78 Å².